The maximum absolute atomic E-state index is 15.0. The lowest BCUT2D eigenvalue weighted by Crippen LogP contribution is -2.41. The highest BCUT2D eigenvalue weighted by Gasteiger charge is 2.24. The van der Waals surface area contributed by atoms with E-state index in [9.17, 15) is 14.0 Å². The molecular weight excluding hydrogens is 517 g/mol. The minimum absolute atomic E-state index is 0.0814. The number of thiophene rings is 1. The zero-order chi connectivity index (χ0) is 27.4. The number of aromatic nitrogens is 2. The zero-order valence-electron chi connectivity index (χ0n) is 22.0. The Morgan fingerprint density at radius 3 is 2.44 bits per heavy atom. The largest absolute Gasteiger partial charge is 0.380 e. The molecule has 0 unspecified atom stereocenters. The maximum atomic E-state index is 15.0. The predicted molar refractivity (Wildman–Crippen MR) is 154 cm³/mol. The van der Waals surface area contributed by atoms with Crippen LogP contribution in [0.2, 0.25) is 0 Å². The van der Waals surface area contributed by atoms with Crippen LogP contribution >= 0.6 is 11.3 Å². The van der Waals surface area contributed by atoms with Crippen LogP contribution in [0.1, 0.15) is 45.4 Å². The highest BCUT2D eigenvalue weighted by Crippen LogP contribution is 2.31. The van der Waals surface area contributed by atoms with E-state index in [-0.39, 0.29) is 35.8 Å². The van der Waals surface area contributed by atoms with Gasteiger partial charge in [0.05, 0.1) is 15.9 Å². The van der Waals surface area contributed by atoms with Gasteiger partial charge in [0.2, 0.25) is 17.8 Å². The Hall–Kier alpha value is -3.73. The van der Waals surface area contributed by atoms with Crippen LogP contribution in [0, 0.1) is 5.82 Å². The zero-order valence-corrected chi connectivity index (χ0v) is 22.8. The average molecular weight is 552 g/mol. The number of carbonyl (C=O) groups is 2. The molecule has 0 atom stereocenters. The van der Waals surface area contributed by atoms with Crippen molar-refractivity contribution in [1.29, 1.82) is 0 Å². The molecule has 0 bridgehead atoms. The first-order valence-corrected chi connectivity index (χ1v) is 14.3. The van der Waals surface area contributed by atoms with Gasteiger partial charge in [-0.15, -0.1) is 11.3 Å². The van der Waals surface area contributed by atoms with Crippen LogP contribution in [0.4, 0.5) is 27.5 Å². The van der Waals surface area contributed by atoms with Gasteiger partial charge in [-0.2, -0.15) is 4.98 Å². The summed E-state index contributed by atoms with van der Waals surface area (Å²) in [4.78, 5) is 34.3. The average Bonchev–Trinajstić information content (AvgIpc) is 3.41. The SMILES string of the molecule is C=CC(=O)NC1CCC(Nc2nc(Nc3ccc(NC4CCN(C(C)=O)CC4)c(F)c3)nc3ccsc23)CC1. The molecule has 0 radical (unpaired) electrons. The van der Waals surface area contributed by atoms with E-state index in [1.54, 1.807) is 24.3 Å². The monoisotopic (exact) mass is 551 g/mol. The van der Waals surface area contributed by atoms with E-state index >= 15 is 0 Å². The fourth-order valence-electron chi connectivity index (χ4n) is 5.25. The van der Waals surface area contributed by atoms with E-state index in [4.69, 9.17) is 4.98 Å². The van der Waals surface area contributed by atoms with Gasteiger partial charge in [0.15, 0.2) is 0 Å². The van der Waals surface area contributed by atoms with Gasteiger partial charge >= 0.3 is 0 Å². The summed E-state index contributed by atoms with van der Waals surface area (Å²) in [6, 6.07) is 7.45. The third-order valence-electron chi connectivity index (χ3n) is 7.43. The molecule has 1 aromatic carbocycles. The smallest absolute Gasteiger partial charge is 0.243 e. The number of likely N-dealkylation sites (tertiary alicyclic amines) is 1. The van der Waals surface area contributed by atoms with Crippen LogP contribution in [0.5, 0.6) is 0 Å². The van der Waals surface area contributed by atoms with Gasteiger partial charge in [0.25, 0.3) is 0 Å². The summed E-state index contributed by atoms with van der Waals surface area (Å²) in [7, 11) is 0. The first-order chi connectivity index (χ1) is 18.9. The van der Waals surface area contributed by atoms with Gasteiger partial charge in [-0.05, 0) is 74.2 Å². The van der Waals surface area contributed by atoms with Crippen molar-refractivity contribution in [2.24, 2.45) is 0 Å². The lowest BCUT2D eigenvalue weighted by atomic mass is 9.91. The fraction of sp³-hybridized carbons (Fsp3) is 0.429. The molecule has 1 saturated carbocycles. The number of fused-ring (bicyclic) bond motifs is 1. The Balaban J connectivity index is 1.22. The molecule has 3 aromatic rings. The minimum Gasteiger partial charge on any atom is -0.380 e. The quantitative estimate of drug-likeness (QED) is 0.291. The minimum atomic E-state index is -0.357. The Morgan fingerprint density at radius 1 is 1.03 bits per heavy atom. The molecule has 1 aliphatic carbocycles. The van der Waals surface area contributed by atoms with Gasteiger partial charge in [-0.25, -0.2) is 9.37 Å². The summed E-state index contributed by atoms with van der Waals surface area (Å²) in [6.45, 7) is 6.46. The Bertz CT molecular complexity index is 1350. The van der Waals surface area contributed by atoms with Gasteiger partial charge in [-0.1, -0.05) is 6.58 Å². The molecule has 1 saturated heterocycles. The second-order valence-electron chi connectivity index (χ2n) is 10.2. The summed E-state index contributed by atoms with van der Waals surface area (Å²) < 4.78 is 16.0. The number of benzene rings is 1. The summed E-state index contributed by atoms with van der Waals surface area (Å²) >= 11 is 1.58. The lowest BCUT2D eigenvalue weighted by molar-refractivity contribution is -0.129. The Morgan fingerprint density at radius 2 is 1.74 bits per heavy atom. The number of hydrogen-bond donors (Lipinski definition) is 4. The number of anilines is 4. The molecule has 11 heteroatoms. The van der Waals surface area contributed by atoms with Crippen LogP contribution in [0.25, 0.3) is 10.2 Å². The van der Waals surface area contributed by atoms with Crippen molar-refractivity contribution in [2.75, 3.05) is 29.0 Å². The second-order valence-corrected chi connectivity index (χ2v) is 11.1. The normalized spacial score (nSPS) is 19.9. The third kappa shape index (κ3) is 6.65. The maximum Gasteiger partial charge on any atom is 0.243 e. The van der Waals surface area contributed by atoms with Crippen LogP contribution in [-0.2, 0) is 9.59 Å². The Kier molecular flexibility index (Phi) is 8.25. The van der Waals surface area contributed by atoms with Crippen molar-refractivity contribution >= 4 is 56.5 Å². The number of halogens is 1. The van der Waals surface area contributed by atoms with E-state index in [0.717, 1.165) is 54.6 Å². The number of nitrogens with zero attached hydrogens (tertiary/aromatic N) is 3. The summed E-state index contributed by atoms with van der Waals surface area (Å²) in [5.41, 5.74) is 1.82. The molecule has 4 N–H and O–H groups in total. The van der Waals surface area contributed by atoms with Gasteiger partial charge in [0, 0.05) is 43.8 Å². The van der Waals surface area contributed by atoms with Crippen LogP contribution < -0.4 is 21.3 Å². The van der Waals surface area contributed by atoms with Gasteiger partial charge < -0.3 is 26.2 Å². The van der Waals surface area contributed by atoms with Crippen molar-refractivity contribution in [3.63, 3.8) is 0 Å². The van der Waals surface area contributed by atoms with Crippen molar-refractivity contribution in [3.05, 3.63) is 48.1 Å². The number of amides is 2. The molecule has 2 aromatic heterocycles. The number of rotatable bonds is 8. The molecule has 3 heterocycles. The summed E-state index contributed by atoms with van der Waals surface area (Å²) in [6.07, 6.45) is 6.48. The highest BCUT2D eigenvalue weighted by molar-refractivity contribution is 7.17. The standard InChI is InChI=1S/C28H34FN7O2S/c1-3-25(38)31-18-4-6-19(7-5-18)32-27-26-24(12-15-39-26)34-28(35-27)33-21-8-9-23(22(29)16-21)30-20-10-13-36(14-11-20)17(2)37/h3,8-9,12,15-16,18-20,30H,1,4-7,10-11,13-14H2,2H3,(H,31,38)(H2,32,33,34,35). The van der Waals surface area contributed by atoms with Crippen LogP contribution in [0.15, 0.2) is 42.3 Å². The third-order valence-corrected chi connectivity index (χ3v) is 8.34. The molecule has 206 valence electrons. The molecule has 39 heavy (non-hydrogen) atoms. The van der Waals surface area contributed by atoms with Crippen molar-refractivity contribution in [3.8, 4) is 0 Å². The van der Waals surface area contributed by atoms with E-state index in [1.165, 1.54) is 12.1 Å². The fourth-order valence-corrected chi connectivity index (χ4v) is 6.03. The van der Waals surface area contributed by atoms with Crippen LogP contribution in [-0.4, -0.2) is 57.9 Å². The first-order valence-electron chi connectivity index (χ1n) is 13.4. The van der Waals surface area contributed by atoms with Crippen molar-refractivity contribution in [2.45, 2.75) is 63.6 Å². The summed E-state index contributed by atoms with van der Waals surface area (Å²) in [5, 5.41) is 15.0. The molecule has 2 fully saturated rings. The van der Waals surface area contributed by atoms with E-state index in [2.05, 4.69) is 32.8 Å². The number of hydrogen-bond acceptors (Lipinski definition) is 8. The van der Waals surface area contributed by atoms with Crippen molar-refractivity contribution in [1.82, 2.24) is 20.2 Å². The van der Waals surface area contributed by atoms with Crippen LogP contribution in [0.3, 0.4) is 0 Å². The van der Waals surface area contributed by atoms with E-state index < -0.39 is 0 Å². The van der Waals surface area contributed by atoms with Gasteiger partial charge in [0.1, 0.15) is 11.6 Å². The molecule has 5 rings (SSSR count). The summed E-state index contributed by atoms with van der Waals surface area (Å²) in [5.74, 6) is 0.745. The molecule has 2 aliphatic rings. The highest BCUT2D eigenvalue weighted by atomic mass is 32.1. The van der Waals surface area contributed by atoms with E-state index in [1.807, 2.05) is 22.4 Å². The predicted octanol–water partition coefficient (Wildman–Crippen LogP) is 5.02. The molecule has 9 nitrogen and oxygen atoms in total. The number of nitrogens with one attached hydrogen (secondary N) is 4. The topological polar surface area (TPSA) is 111 Å². The van der Waals surface area contributed by atoms with E-state index in [0.29, 0.717) is 30.4 Å². The first kappa shape index (κ1) is 26.9. The molecular formula is C28H34FN7O2S. The Labute approximate surface area is 231 Å². The molecule has 2 amide bonds. The second kappa shape index (κ2) is 12.0. The lowest BCUT2D eigenvalue weighted by Gasteiger charge is -2.32. The number of piperidine rings is 1. The molecule has 1 aliphatic heterocycles. The molecule has 0 spiro atoms. The van der Waals surface area contributed by atoms with Gasteiger partial charge in [-0.3, -0.25) is 9.59 Å². The van der Waals surface area contributed by atoms with Crippen molar-refractivity contribution < 1.29 is 14.0 Å². The number of carbonyl (C=O) groups excluding carboxylic acids is 2.